The number of carbonyl (C=O) groups excluding carboxylic acids is 1. The van der Waals surface area contributed by atoms with E-state index < -0.39 is 9.84 Å². The number of Topliss-reactive ketones (excluding diaryl/α,β-unsaturated/α-hetero) is 1. The second-order valence-corrected chi connectivity index (χ2v) is 7.01. The molecule has 1 aromatic carbocycles. The maximum Gasteiger partial charge on any atom is 0.159 e. The number of carbonyl (C=O) groups is 1. The molecule has 1 N–H and O–H groups in total. The maximum absolute atomic E-state index is 11.3. The van der Waals surface area contributed by atoms with Crippen molar-refractivity contribution >= 4 is 21.3 Å². The van der Waals surface area contributed by atoms with Crippen molar-refractivity contribution < 1.29 is 13.2 Å². The van der Waals surface area contributed by atoms with Crippen LogP contribution >= 0.6 is 0 Å². The fourth-order valence-electron chi connectivity index (χ4n) is 2.12. The maximum atomic E-state index is 11.3. The molecule has 0 amide bonds. The second kappa shape index (κ2) is 5.10. The molecule has 1 aliphatic rings. The van der Waals surface area contributed by atoms with Gasteiger partial charge in [0, 0.05) is 17.8 Å². The molecule has 1 aromatic rings. The second-order valence-electron chi connectivity index (χ2n) is 4.78. The van der Waals surface area contributed by atoms with Crippen LogP contribution in [0.25, 0.3) is 0 Å². The molecule has 2 rings (SSSR count). The van der Waals surface area contributed by atoms with Crippen LogP contribution in [0.15, 0.2) is 24.3 Å². The van der Waals surface area contributed by atoms with Gasteiger partial charge in [0.1, 0.15) is 0 Å². The van der Waals surface area contributed by atoms with Gasteiger partial charge in [-0.15, -0.1) is 0 Å². The summed E-state index contributed by atoms with van der Waals surface area (Å²) in [6.45, 7) is 2.20. The summed E-state index contributed by atoms with van der Waals surface area (Å²) in [4.78, 5) is 11.1. The first-order chi connectivity index (χ1) is 8.46. The van der Waals surface area contributed by atoms with Gasteiger partial charge in [0.2, 0.25) is 0 Å². The van der Waals surface area contributed by atoms with Gasteiger partial charge in [-0.25, -0.2) is 8.42 Å². The zero-order chi connectivity index (χ0) is 13.2. The van der Waals surface area contributed by atoms with E-state index in [1.54, 1.807) is 12.1 Å². The van der Waals surface area contributed by atoms with E-state index in [-0.39, 0.29) is 17.5 Å². The van der Waals surface area contributed by atoms with Crippen molar-refractivity contribution in [1.29, 1.82) is 0 Å². The Morgan fingerprint density at radius 1 is 1.33 bits per heavy atom. The predicted molar refractivity (Wildman–Crippen MR) is 71.7 cm³/mol. The molecule has 18 heavy (non-hydrogen) atoms. The smallest absolute Gasteiger partial charge is 0.159 e. The molecule has 98 valence electrons. The normalized spacial score (nSPS) is 21.7. The quantitative estimate of drug-likeness (QED) is 0.844. The van der Waals surface area contributed by atoms with Crippen molar-refractivity contribution in [1.82, 2.24) is 0 Å². The zero-order valence-corrected chi connectivity index (χ0v) is 11.2. The minimum Gasteiger partial charge on any atom is -0.385 e. The van der Waals surface area contributed by atoms with Crippen molar-refractivity contribution in [3.05, 3.63) is 29.8 Å². The van der Waals surface area contributed by atoms with Crippen molar-refractivity contribution in [2.24, 2.45) is 5.92 Å². The molecule has 0 radical (unpaired) electrons. The van der Waals surface area contributed by atoms with Gasteiger partial charge in [-0.1, -0.05) is 0 Å². The SMILES string of the molecule is CC(=O)c1ccc(NCC2CCS(=O)(=O)C2)cc1. The topological polar surface area (TPSA) is 63.2 Å². The minimum atomic E-state index is -2.80. The Morgan fingerprint density at radius 2 is 2.00 bits per heavy atom. The Labute approximate surface area is 107 Å². The van der Waals surface area contributed by atoms with Crippen molar-refractivity contribution in [3.63, 3.8) is 0 Å². The monoisotopic (exact) mass is 267 g/mol. The number of hydrogen-bond acceptors (Lipinski definition) is 4. The molecule has 1 saturated heterocycles. The van der Waals surface area contributed by atoms with Gasteiger partial charge >= 0.3 is 0 Å². The summed E-state index contributed by atoms with van der Waals surface area (Å²) in [6.07, 6.45) is 0.737. The third-order valence-corrected chi connectivity index (χ3v) is 5.05. The first kappa shape index (κ1) is 13.1. The summed E-state index contributed by atoms with van der Waals surface area (Å²) >= 11 is 0. The lowest BCUT2D eigenvalue weighted by atomic mass is 10.1. The summed E-state index contributed by atoms with van der Waals surface area (Å²) in [5.41, 5.74) is 1.60. The van der Waals surface area contributed by atoms with E-state index in [0.29, 0.717) is 17.9 Å². The highest BCUT2D eigenvalue weighted by Gasteiger charge is 2.27. The Morgan fingerprint density at radius 3 is 2.50 bits per heavy atom. The lowest BCUT2D eigenvalue weighted by Gasteiger charge is -2.11. The van der Waals surface area contributed by atoms with Gasteiger partial charge in [-0.3, -0.25) is 4.79 Å². The Balaban J connectivity index is 1.89. The third-order valence-electron chi connectivity index (χ3n) is 3.21. The molecule has 0 spiro atoms. The fraction of sp³-hybridized carbons (Fsp3) is 0.462. The lowest BCUT2D eigenvalue weighted by molar-refractivity contribution is 0.101. The van der Waals surface area contributed by atoms with Gasteiger partial charge in [0.15, 0.2) is 15.6 Å². The van der Waals surface area contributed by atoms with Crippen LogP contribution in [0.4, 0.5) is 5.69 Å². The van der Waals surface area contributed by atoms with E-state index >= 15 is 0 Å². The molecular formula is C13H17NO3S. The van der Waals surface area contributed by atoms with E-state index in [2.05, 4.69) is 5.32 Å². The van der Waals surface area contributed by atoms with E-state index in [1.807, 2.05) is 12.1 Å². The van der Waals surface area contributed by atoms with Crippen LogP contribution in [0.2, 0.25) is 0 Å². The summed E-state index contributed by atoms with van der Waals surface area (Å²) in [7, 11) is -2.80. The number of nitrogens with one attached hydrogen (secondary N) is 1. The highest BCUT2D eigenvalue weighted by atomic mass is 32.2. The molecule has 0 aromatic heterocycles. The van der Waals surface area contributed by atoms with Gasteiger partial charge in [-0.2, -0.15) is 0 Å². The van der Waals surface area contributed by atoms with Crippen molar-refractivity contribution in [2.75, 3.05) is 23.4 Å². The van der Waals surface area contributed by atoms with E-state index in [9.17, 15) is 13.2 Å². The molecule has 5 heteroatoms. The Bertz CT molecular complexity index is 534. The van der Waals surface area contributed by atoms with Gasteiger partial charge in [0.25, 0.3) is 0 Å². The molecule has 0 aliphatic carbocycles. The first-order valence-corrected chi connectivity index (χ1v) is 7.84. The van der Waals surface area contributed by atoms with Gasteiger partial charge in [0.05, 0.1) is 11.5 Å². The summed E-state index contributed by atoms with van der Waals surface area (Å²) in [5, 5.41) is 3.21. The first-order valence-electron chi connectivity index (χ1n) is 6.01. The van der Waals surface area contributed by atoms with Gasteiger partial charge < -0.3 is 5.32 Å². The Hall–Kier alpha value is -1.36. The van der Waals surface area contributed by atoms with E-state index in [0.717, 1.165) is 12.1 Å². The summed E-state index contributed by atoms with van der Waals surface area (Å²) in [6, 6.07) is 7.24. The minimum absolute atomic E-state index is 0.0448. The number of ketones is 1. The van der Waals surface area contributed by atoms with Crippen molar-refractivity contribution in [2.45, 2.75) is 13.3 Å². The number of rotatable bonds is 4. The van der Waals surface area contributed by atoms with Crippen LogP contribution in [0.1, 0.15) is 23.7 Å². The average Bonchev–Trinajstić information content (AvgIpc) is 2.67. The van der Waals surface area contributed by atoms with E-state index in [4.69, 9.17) is 0 Å². The molecular weight excluding hydrogens is 250 g/mol. The van der Waals surface area contributed by atoms with Crippen LogP contribution in [0.3, 0.4) is 0 Å². The average molecular weight is 267 g/mol. The van der Waals surface area contributed by atoms with Crippen LogP contribution in [0, 0.1) is 5.92 Å². The number of benzene rings is 1. The molecule has 1 aliphatic heterocycles. The van der Waals surface area contributed by atoms with Crippen LogP contribution in [-0.4, -0.2) is 32.3 Å². The molecule has 1 fully saturated rings. The van der Waals surface area contributed by atoms with Crippen LogP contribution < -0.4 is 5.32 Å². The highest BCUT2D eigenvalue weighted by Crippen LogP contribution is 2.19. The van der Waals surface area contributed by atoms with Crippen LogP contribution in [0.5, 0.6) is 0 Å². The van der Waals surface area contributed by atoms with Crippen LogP contribution in [-0.2, 0) is 9.84 Å². The standard InChI is InChI=1S/C13H17NO3S/c1-10(15)12-2-4-13(5-3-12)14-8-11-6-7-18(16,17)9-11/h2-5,11,14H,6-9H2,1H3. The molecule has 1 atom stereocenters. The predicted octanol–water partition coefficient (Wildman–Crippen LogP) is 1.74. The highest BCUT2D eigenvalue weighted by molar-refractivity contribution is 7.91. The lowest BCUT2D eigenvalue weighted by Crippen LogP contribution is -2.15. The number of anilines is 1. The van der Waals surface area contributed by atoms with Crippen molar-refractivity contribution in [3.8, 4) is 0 Å². The Kier molecular flexibility index (Phi) is 3.71. The number of hydrogen-bond donors (Lipinski definition) is 1. The molecule has 1 heterocycles. The molecule has 4 nitrogen and oxygen atoms in total. The third kappa shape index (κ3) is 3.32. The molecule has 1 unspecified atom stereocenters. The fourth-order valence-corrected chi connectivity index (χ4v) is 3.98. The molecule has 0 bridgehead atoms. The largest absolute Gasteiger partial charge is 0.385 e. The number of sulfone groups is 1. The van der Waals surface area contributed by atoms with Gasteiger partial charge in [-0.05, 0) is 43.5 Å². The zero-order valence-electron chi connectivity index (χ0n) is 10.3. The summed E-state index contributed by atoms with van der Waals surface area (Å²) in [5.74, 6) is 0.833. The summed E-state index contributed by atoms with van der Waals surface area (Å²) < 4.78 is 22.6. The molecule has 0 saturated carbocycles. The van der Waals surface area contributed by atoms with E-state index in [1.165, 1.54) is 6.92 Å².